The van der Waals surface area contributed by atoms with Gasteiger partial charge in [0.15, 0.2) is 0 Å². The maximum absolute atomic E-state index is 5.26. The maximum atomic E-state index is 5.26. The van der Waals surface area contributed by atoms with E-state index in [4.69, 9.17) is 18.9 Å². The van der Waals surface area contributed by atoms with E-state index in [0.717, 1.165) is 11.9 Å². The highest BCUT2D eigenvalue weighted by atomic mass is 79.9. The van der Waals surface area contributed by atoms with Crippen molar-refractivity contribution < 1.29 is 18.9 Å². The first kappa shape index (κ1) is 14.9. The van der Waals surface area contributed by atoms with E-state index in [1.807, 2.05) is 0 Å². The highest BCUT2D eigenvalue weighted by molar-refractivity contribution is 9.09. The molecule has 0 amide bonds. The van der Waals surface area contributed by atoms with E-state index in [1.165, 1.54) is 6.26 Å². The van der Waals surface area contributed by atoms with Crippen LogP contribution in [-0.4, -0.2) is 51.6 Å². The SMILES string of the molecule is C=COCCOCCOCCOCCBr. The van der Waals surface area contributed by atoms with Crippen molar-refractivity contribution >= 4 is 15.9 Å². The normalized spacial score (nSPS) is 10.2. The van der Waals surface area contributed by atoms with Crippen molar-refractivity contribution in [1.82, 2.24) is 0 Å². The second-order valence-electron chi connectivity index (χ2n) is 2.56. The minimum Gasteiger partial charge on any atom is -0.499 e. The van der Waals surface area contributed by atoms with Gasteiger partial charge in [-0.2, -0.15) is 0 Å². The maximum Gasteiger partial charge on any atom is 0.111 e. The molecule has 90 valence electrons. The fraction of sp³-hybridized carbons (Fsp3) is 0.800. The highest BCUT2D eigenvalue weighted by Gasteiger charge is 1.90. The molecule has 0 heterocycles. The van der Waals surface area contributed by atoms with Gasteiger partial charge in [-0.1, -0.05) is 22.5 Å². The molecule has 15 heavy (non-hydrogen) atoms. The third-order valence-electron chi connectivity index (χ3n) is 1.43. The second-order valence-corrected chi connectivity index (χ2v) is 3.36. The van der Waals surface area contributed by atoms with Crippen LogP contribution in [0.15, 0.2) is 12.8 Å². The Kier molecular flexibility index (Phi) is 13.8. The molecule has 0 N–H and O–H groups in total. The van der Waals surface area contributed by atoms with Crippen LogP contribution in [-0.2, 0) is 18.9 Å². The van der Waals surface area contributed by atoms with Gasteiger partial charge in [0.2, 0.25) is 0 Å². The number of halogens is 1. The molecule has 0 radical (unpaired) electrons. The standard InChI is InChI=1S/C10H19BrO4/c1-2-12-5-6-14-9-10-15-8-7-13-4-3-11/h2H,1,3-10H2. The van der Waals surface area contributed by atoms with Crippen molar-refractivity contribution in [1.29, 1.82) is 0 Å². The third kappa shape index (κ3) is 13.9. The van der Waals surface area contributed by atoms with Crippen molar-refractivity contribution in [3.63, 3.8) is 0 Å². The first-order valence-corrected chi connectivity index (χ1v) is 6.05. The molecule has 0 aliphatic carbocycles. The average molecular weight is 283 g/mol. The van der Waals surface area contributed by atoms with Crippen molar-refractivity contribution in [2.75, 3.05) is 51.6 Å². The summed E-state index contributed by atoms with van der Waals surface area (Å²) in [5, 5.41) is 0.861. The first-order valence-electron chi connectivity index (χ1n) is 4.93. The van der Waals surface area contributed by atoms with Gasteiger partial charge in [-0.25, -0.2) is 0 Å². The van der Waals surface area contributed by atoms with E-state index < -0.39 is 0 Å². The van der Waals surface area contributed by atoms with E-state index in [-0.39, 0.29) is 0 Å². The quantitative estimate of drug-likeness (QED) is 0.310. The van der Waals surface area contributed by atoms with Gasteiger partial charge in [0.1, 0.15) is 6.61 Å². The summed E-state index contributed by atoms with van der Waals surface area (Å²) in [7, 11) is 0. The van der Waals surface area contributed by atoms with Crippen molar-refractivity contribution in [2.45, 2.75) is 0 Å². The Balaban J connectivity index is 2.83. The van der Waals surface area contributed by atoms with E-state index >= 15 is 0 Å². The Morgan fingerprint density at radius 2 is 1.27 bits per heavy atom. The molecule has 0 bridgehead atoms. The summed E-state index contributed by atoms with van der Waals surface area (Å²) in [5.74, 6) is 0. The molecule has 0 aromatic carbocycles. The molecule has 0 rings (SSSR count). The minimum absolute atomic E-state index is 0.540. The molecule has 0 fully saturated rings. The topological polar surface area (TPSA) is 36.9 Å². The summed E-state index contributed by atoms with van der Waals surface area (Å²) in [4.78, 5) is 0. The predicted octanol–water partition coefficient (Wildman–Crippen LogP) is 1.59. The molecule has 5 heteroatoms. The number of hydrogen-bond acceptors (Lipinski definition) is 4. The Bertz CT molecular complexity index is 133. The van der Waals surface area contributed by atoms with Crippen LogP contribution >= 0.6 is 15.9 Å². The van der Waals surface area contributed by atoms with Crippen LogP contribution in [0.4, 0.5) is 0 Å². The van der Waals surface area contributed by atoms with Gasteiger partial charge < -0.3 is 18.9 Å². The van der Waals surface area contributed by atoms with Crippen LogP contribution in [0.1, 0.15) is 0 Å². The molecule has 0 aliphatic rings. The van der Waals surface area contributed by atoms with Crippen molar-refractivity contribution in [2.24, 2.45) is 0 Å². The number of hydrogen-bond donors (Lipinski definition) is 0. The molecule has 0 spiro atoms. The lowest BCUT2D eigenvalue weighted by Gasteiger charge is -2.05. The lowest BCUT2D eigenvalue weighted by molar-refractivity contribution is 0.00887. The summed E-state index contributed by atoms with van der Waals surface area (Å²) in [5.41, 5.74) is 0. The Hall–Kier alpha value is -0.100. The summed E-state index contributed by atoms with van der Waals surface area (Å²) in [6.07, 6.45) is 1.40. The van der Waals surface area contributed by atoms with Crippen LogP contribution in [0.3, 0.4) is 0 Å². The van der Waals surface area contributed by atoms with E-state index in [1.54, 1.807) is 0 Å². The van der Waals surface area contributed by atoms with Gasteiger partial charge >= 0.3 is 0 Å². The molecule has 0 saturated carbocycles. The minimum atomic E-state index is 0.540. The Morgan fingerprint density at radius 1 is 0.800 bits per heavy atom. The zero-order chi connectivity index (χ0) is 11.2. The van der Waals surface area contributed by atoms with Gasteiger partial charge in [0.05, 0.1) is 45.9 Å². The van der Waals surface area contributed by atoms with Crippen LogP contribution in [0, 0.1) is 0 Å². The summed E-state index contributed by atoms with van der Waals surface area (Å²) in [6, 6.07) is 0. The lowest BCUT2D eigenvalue weighted by Crippen LogP contribution is -2.11. The van der Waals surface area contributed by atoms with Crippen molar-refractivity contribution in [3.05, 3.63) is 12.8 Å². The molecule has 0 unspecified atom stereocenters. The molecule has 0 atom stereocenters. The molecular formula is C10H19BrO4. The van der Waals surface area contributed by atoms with E-state index in [0.29, 0.717) is 39.6 Å². The fourth-order valence-electron chi connectivity index (χ4n) is 0.787. The summed E-state index contributed by atoms with van der Waals surface area (Å²) in [6.45, 7) is 7.66. The van der Waals surface area contributed by atoms with Crippen LogP contribution in [0.2, 0.25) is 0 Å². The molecule has 0 saturated heterocycles. The Morgan fingerprint density at radius 3 is 1.73 bits per heavy atom. The monoisotopic (exact) mass is 282 g/mol. The summed E-state index contributed by atoms with van der Waals surface area (Å²) >= 11 is 3.27. The van der Waals surface area contributed by atoms with Gasteiger partial charge in [0.25, 0.3) is 0 Å². The first-order chi connectivity index (χ1) is 7.41. The average Bonchev–Trinajstić information content (AvgIpc) is 2.26. The lowest BCUT2D eigenvalue weighted by atomic mass is 10.7. The zero-order valence-corrected chi connectivity index (χ0v) is 10.5. The number of rotatable bonds is 12. The molecule has 4 nitrogen and oxygen atoms in total. The van der Waals surface area contributed by atoms with Crippen LogP contribution < -0.4 is 0 Å². The number of alkyl halides is 1. The molecule has 0 aromatic heterocycles. The molecule has 0 aromatic rings. The highest BCUT2D eigenvalue weighted by Crippen LogP contribution is 1.84. The summed E-state index contributed by atoms with van der Waals surface area (Å²) < 4.78 is 20.6. The second kappa shape index (κ2) is 13.9. The predicted molar refractivity (Wildman–Crippen MR) is 62.4 cm³/mol. The largest absolute Gasteiger partial charge is 0.499 e. The van der Waals surface area contributed by atoms with Gasteiger partial charge in [-0.15, -0.1) is 0 Å². The molecule has 0 aliphatic heterocycles. The van der Waals surface area contributed by atoms with Crippen LogP contribution in [0.5, 0.6) is 0 Å². The van der Waals surface area contributed by atoms with E-state index in [2.05, 4.69) is 22.5 Å². The van der Waals surface area contributed by atoms with E-state index in [9.17, 15) is 0 Å². The third-order valence-corrected chi connectivity index (χ3v) is 1.75. The van der Waals surface area contributed by atoms with Gasteiger partial charge in [-0.05, 0) is 0 Å². The molecular weight excluding hydrogens is 264 g/mol. The van der Waals surface area contributed by atoms with Crippen LogP contribution in [0.25, 0.3) is 0 Å². The zero-order valence-electron chi connectivity index (χ0n) is 8.95. The smallest absolute Gasteiger partial charge is 0.111 e. The Labute approximate surface area is 99.7 Å². The van der Waals surface area contributed by atoms with Gasteiger partial charge in [0, 0.05) is 5.33 Å². The van der Waals surface area contributed by atoms with Gasteiger partial charge in [-0.3, -0.25) is 0 Å². The van der Waals surface area contributed by atoms with Crippen molar-refractivity contribution in [3.8, 4) is 0 Å². The fourth-order valence-corrected chi connectivity index (χ4v) is 1.02. The number of ether oxygens (including phenoxy) is 4.